The van der Waals surface area contributed by atoms with Crippen molar-refractivity contribution in [3.8, 4) is 0 Å². The van der Waals surface area contributed by atoms with Crippen LogP contribution in [0.15, 0.2) is 23.2 Å². The molecule has 1 atom stereocenters. The molecule has 0 aliphatic heterocycles. The highest BCUT2D eigenvalue weighted by Gasteiger charge is 2.07. The molecule has 0 radical (unpaired) electrons. The summed E-state index contributed by atoms with van der Waals surface area (Å²) in [6.07, 6.45) is 1.45. The highest BCUT2D eigenvalue weighted by molar-refractivity contribution is 8.00. The molecule has 1 aromatic heterocycles. The number of rotatable bonds is 4. The van der Waals surface area contributed by atoms with Crippen LogP contribution in [0.4, 0.5) is 0 Å². The Morgan fingerprint density at radius 3 is 3.00 bits per heavy atom. The van der Waals surface area contributed by atoms with Gasteiger partial charge in [0.1, 0.15) is 5.69 Å². The minimum atomic E-state index is -1.04. The predicted molar refractivity (Wildman–Crippen MR) is 53.6 cm³/mol. The van der Waals surface area contributed by atoms with Crippen LogP contribution in [-0.2, 0) is 0 Å². The van der Waals surface area contributed by atoms with Gasteiger partial charge >= 0.3 is 5.97 Å². The van der Waals surface area contributed by atoms with Crippen molar-refractivity contribution in [1.29, 1.82) is 0 Å². The van der Waals surface area contributed by atoms with Crippen LogP contribution in [0.25, 0.3) is 0 Å². The molecule has 2 N–H and O–H groups in total. The van der Waals surface area contributed by atoms with E-state index in [0.717, 1.165) is 4.90 Å². The highest BCUT2D eigenvalue weighted by atomic mass is 32.2. The largest absolute Gasteiger partial charge is 0.477 e. The first-order valence-electron chi connectivity index (χ1n) is 4.10. The number of carboxylic acid groups (broad SMARTS) is 1. The third-order valence-corrected chi connectivity index (χ3v) is 2.62. The molecule has 0 aromatic carbocycles. The molecule has 76 valence electrons. The first-order valence-corrected chi connectivity index (χ1v) is 4.98. The van der Waals surface area contributed by atoms with E-state index in [-0.39, 0.29) is 17.6 Å². The first kappa shape index (κ1) is 11.0. The third kappa shape index (κ3) is 3.01. The van der Waals surface area contributed by atoms with Gasteiger partial charge in [-0.2, -0.15) is 0 Å². The summed E-state index contributed by atoms with van der Waals surface area (Å²) in [4.78, 5) is 15.1. The van der Waals surface area contributed by atoms with Crippen molar-refractivity contribution in [2.45, 2.75) is 17.1 Å². The Balaban J connectivity index is 2.78. The average Bonchev–Trinajstić information content (AvgIpc) is 2.18. The van der Waals surface area contributed by atoms with Gasteiger partial charge in [-0.1, -0.05) is 6.92 Å². The number of carboxylic acids is 1. The number of aromatic nitrogens is 1. The highest BCUT2D eigenvalue weighted by Crippen LogP contribution is 2.22. The van der Waals surface area contributed by atoms with E-state index >= 15 is 0 Å². The summed E-state index contributed by atoms with van der Waals surface area (Å²) in [7, 11) is 0. The SMILES string of the molecule is CC(CO)Sc1ccnc(C(=O)O)c1. The topological polar surface area (TPSA) is 70.4 Å². The number of carbonyl (C=O) groups is 1. The second kappa shape index (κ2) is 4.97. The fourth-order valence-electron chi connectivity index (χ4n) is 0.871. The van der Waals surface area contributed by atoms with Gasteiger partial charge < -0.3 is 10.2 Å². The molecule has 0 spiro atoms. The molecule has 0 aliphatic rings. The summed E-state index contributed by atoms with van der Waals surface area (Å²) in [5.74, 6) is -1.04. The second-order valence-electron chi connectivity index (χ2n) is 2.79. The van der Waals surface area contributed by atoms with Crippen LogP contribution in [-0.4, -0.2) is 33.0 Å². The Labute approximate surface area is 86.0 Å². The van der Waals surface area contributed by atoms with Crippen LogP contribution in [0, 0.1) is 0 Å². The van der Waals surface area contributed by atoms with Gasteiger partial charge in [0, 0.05) is 16.3 Å². The van der Waals surface area contributed by atoms with Crippen molar-refractivity contribution in [2.75, 3.05) is 6.61 Å². The zero-order valence-corrected chi connectivity index (χ0v) is 8.49. The number of hydrogen-bond acceptors (Lipinski definition) is 4. The first-order chi connectivity index (χ1) is 6.63. The van der Waals surface area contributed by atoms with Crippen molar-refractivity contribution in [3.63, 3.8) is 0 Å². The van der Waals surface area contributed by atoms with Crippen molar-refractivity contribution in [2.24, 2.45) is 0 Å². The van der Waals surface area contributed by atoms with Gasteiger partial charge in [-0.05, 0) is 12.1 Å². The van der Waals surface area contributed by atoms with E-state index < -0.39 is 5.97 Å². The van der Waals surface area contributed by atoms with Crippen molar-refractivity contribution in [1.82, 2.24) is 4.98 Å². The van der Waals surface area contributed by atoms with Crippen molar-refractivity contribution < 1.29 is 15.0 Å². The lowest BCUT2D eigenvalue weighted by Crippen LogP contribution is -2.03. The number of aromatic carboxylic acids is 1. The van der Waals surface area contributed by atoms with Gasteiger partial charge in [0.25, 0.3) is 0 Å². The van der Waals surface area contributed by atoms with Crippen LogP contribution < -0.4 is 0 Å². The Morgan fingerprint density at radius 2 is 2.43 bits per heavy atom. The number of aliphatic hydroxyl groups excluding tert-OH is 1. The fraction of sp³-hybridized carbons (Fsp3) is 0.333. The molecule has 1 rings (SSSR count). The van der Waals surface area contributed by atoms with Crippen LogP contribution in [0.1, 0.15) is 17.4 Å². The Hall–Kier alpha value is -1.07. The third-order valence-electron chi connectivity index (χ3n) is 1.54. The molecule has 14 heavy (non-hydrogen) atoms. The summed E-state index contributed by atoms with van der Waals surface area (Å²) in [5.41, 5.74) is 0.0279. The molecule has 4 nitrogen and oxygen atoms in total. The van der Waals surface area contributed by atoms with Gasteiger partial charge in [0.2, 0.25) is 0 Å². The second-order valence-corrected chi connectivity index (χ2v) is 4.30. The normalized spacial score (nSPS) is 12.4. The molecular formula is C9H11NO3S. The number of hydrogen-bond donors (Lipinski definition) is 2. The van der Waals surface area contributed by atoms with Gasteiger partial charge in [-0.25, -0.2) is 9.78 Å². The van der Waals surface area contributed by atoms with E-state index in [1.165, 1.54) is 24.0 Å². The van der Waals surface area contributed by atoms with Gasteiger partial charge in [0.05, 0.1) is 6.61 Å². The van der Waals surface area contributed by atoms with Crippen LogP contribution in [0.2, 0.25) is 0 Å². The zero-order chi connectivity index (χ0) is 10.6. The van der Waals surface area contributed by atoms with Gasteiger partial charge in [0.15, 0.2) is 0 Å². The van der Waals surface area contributed by atoms with Crippen molar-refractivity contribution in [3.05, 3.63) is 24.0 Å². The molecule has 0 saturated heterocycles. The summed E-state index contributed by atoms with van der Waals surface area (Å²) < 4.78 is 0. The van der Waals surface area contributed by atoms with E-state index in [0.29, 0.717) is 0 Å². The predicted octanol–water partition coefficient (Wildman–Crippen LogP) is 1.25. The molecule has 0 bridgehead atoms. The quantitative estimate of drug-likeness (QED) is 0.737. The van der Waals surface area contributed by atoms with Gasteiger partial charge in [-0.3, -0.25) is 0 Å². The Kier molecular flexibility index (Phi) is 3.91. The summed E-state index contributed by atoms with van der Waals surface area (Å²) >= 11 is 1.42. The standard InChI is InChI=1S/C9H11NO3S/c1-6(5-11)14-7-2-3-10-8(4-7)9(12)13/h2-4,6,11H,5H2,1H3,(H,12,13). The maximum absolute atomic E-state index is 10.6. The lowest BCUT2D eigenvalue weighted by Gasteiger charge is -2.07. The number of pyridine rings is 1. The Bertz CT molecular complexity index is 330. The van der Waals surface area contributed by atoms with Crippen LogP contribution in [0.3, 0.4) is 0 Å². The number of nitrogens with zero attached hydrogens (tertiary/aromatic N) is 1. The molecule has 1 heterocycles. The molecule has 0 aliphatic carbocycles. The molecule has 5 heteroatoms. The maximum atomic E-state index is 10.6. The molecule has 0 fully saturated rings. The van der Waals surface area contributed by atoms with E-state index in [1.807, 2.05) is 6.92 Å². The lowest BCUT2D eigenvalue weighted by atomic mass is 10.3. The smallest absolute Gasteiger partial charge is 0.354 e. The monoisotopic (exact) mass is 213 g/mol. The average molecular weight is 213 g/mol. The summed E-state index contributed by atoms with van der Waals surface area (Å²) in [6, 6.07) is 3.22. The fourth-order valence-corrected chi connectivity index (χ4v) is 1.73. The van der Waals surface area contributed by atoms with Crippen LogP contribution >= 0.6 is 11.8 Å². The number of aliphatic hydroxyl groups is 1. The lowest BCUT2D eigenvalue weighted by molar-refractivity contribution is 0.0690. The minimum absolute atomic E-state index is 0.0279. The maximum Gasteiger partial charge on any atom is 0.354 e. The molecule has 1 aromatic rings. The Morgan fingerprint density at radius 1 is 1.71 bits per heavy atom. The van der Waals surface area contributed by atoms with Gasteiger partial charge in [-0.15, -0.1) is 11.8 Å². The van der Waals surface area contributed by atoms with E-state index in [2.05, 4.69) is 4.98 Å². The molecular weight excluding hydrogens is 202 g/mol. The molecule has 0 saturated carbocycles. The molecule has 1 unspecified atom stereocenters. The number of thioether (sulfide) groups is 1. The van der Waals surface area contributed by atoms with E-state index in [1.54, 1.807) is 6.07 Å². The summed E-state index contributed by atoms with van der Waals surface area (Å²) in [5, 5.41) is 17.6. The van der Waals surface area contributed by atoms with Crippen molar-refractivity contribution >= 4 is 17.7 Å². The molecule has 0 amide bonds. The minimum Gasteiger partial charge on any atom is -0.477 e. The van der Waals surface area contributed by atoms with E-state index in [9.17, 15) is 4.79 Å². The van der Waals surface area contributed by atoms with Crippen LogP contribution in [0.5, 0.6) is 0 Å². The zero-order valence-electron chi connectivity index (χ0n) is 7.67. The van der Waals surface area contributed by atoms with E-state index in [4.69, 9.17) is 10.2 Å². The summed E-state index contributed by atoms with van der Waals surface area (Å²) in [6.45, 7) is 1.93.